The first-order valence-corrected chi connectivity index (χ1v) is 7.94. The van der Waals surface area contributed by atoms with Gasteiger partial charge in [-0.05, 0) is 37.5 Å². The Bertz CT molecular complexity index is 333. The highest BCUT2D eigenvalue weighted by Gasteiger charge is 2.39. The lowest BCUT2D eigenvalue weighted by atomic mass is 9.78. The maximum atomic E-state index is 12.4. The van der Waals surface area contributed by atoms with E-state index >= 15 is 0 Å². The number of carbonyl (C=O) groups is 2. The Labute approximate surface area is 122 Å². The van der Waals surface area contributed by atoms with Gasteiger partial charge in [-0.15, -0.1) is 0 Å². The van der Waals surface area contributed by atoms with Crippen LogP contribution >= 0.6 is 0 Å². The predicted octanol–water partition coefficient (Wildman–Crippen LogP) is 3.50. The smallest absolute Gasteiger partial charge is 0.303 e. The number of hydrogen-bond donors (Lipinski definition) is 2. The highest BCUT2D eigenvalue weighted by Crippen LogP contribution is 2.44. The standard InChI is InChI=1S/C16H29NO3/c1-4-16(5-2,6-3)17-13(18)11-15(12-14(19)20)9-7-8-10-15/h4-12H2,1-3H3,(H,17,18)(H,19,20). The summed E-state index contributed by atoms with van der Waals surface area (Å²) in [6.07, 6.45) is 7.04. The molecule has 116 valence electrons. The summed E-state index contributed by atoms with van der Waals surface area (Å²) < 4.78 is 0. The van der Waals surface area contributed by atoms with Crippen LogP contribution in [0.25, 0.3) is 0 Å². The number of nitrogens with one attached hydrogen (secondary N) is 1. The second-order valence-corrected chi connectivity index (χ2v) is 6.34. The van der Waals surface area contributed by atoms with E-state index in [2.05, 4.69) is 26.1 Å². The molecule has 0 heterocycles. The van der Waals surface area contributed by atoms with Crippen molar-refractivity contribution in [2.45, 2.75) is 84.1 Å². The van der Waals surface area contributed by atoms with Gasteiger partial charge in [-0.2, -0.15) is 0 Å². The lowest BCUT2D eigenvalue weighted by Crippen LogP contribution is -2.48. The molecule has 0 aromatic carbocycles. The first kappa shape index (κ1) is 17.0. The highest BCUT2D eigenvalue weighted by atomic mass is 16.4. The van der Waals surface area contributed by atoms with Gasteiger partial charge in [0.1, 0.15) is 0 Å². The summed E-state index contributed by atoms with van der Waals surface area (Å²) in [5, 5.41) is 12.3. The van der Waals surface area contributed by atoms with Crippen molar-refractivity contribution >= 4 is 11.9 Å². The zero-order valence-electron chi connectivity index (χ0n) is 13.1. The van der Waals surface area contributed by atoms with Gasteiger partial charge >= 0.3 is 5.97 Å². The molecule has 0 atom stereocenters. The third kappa shape index (κ3) is 4.22. The quantitative estimate of drug-likeness (QED) is 0.716. The molecule has 0 radical (unpaired) electrons. The van der Waals surface area contributed by atoms with Crippen molar-refractivity contribution in [2.24, 2.45) is 5.41 Å². The molecule has 20 heavy (non-hydrogen) atoms. The van der Waals surface area contributed by atoms with E-state index in [1.54, 1.807) is 0 Å². The van der Waals surface area contributed by atoms with Gasteiger partial charge in [-0.3, -0.25) is 9.59 Å². The van der Waals surface area contributed by atoms with E-state index in [4.69, 9.17) is 5.11 Å². The van der Waals surface area contributed by atoms with Crippen LogP contribution in [-0.2, 0) is 9.59 Å². The summed E-state index contributed by atoms with van der Waals surface area (Å²) in [7, 11) is 0. The molecule has 1 rings (SSSR count). The summed E-state index contributed by atoms with van der Waals surface area (Å²) >= 11 is 0. The van der Waals surface area contributed by atoms with Gasteiger partial charge in [0.2, 0.25) is 5.91 Å². The minimum atomic E-state index is -0.785. The van der Waals surface area contributed by atoms with Gasteiger partial charge in [0.25, 0.3) is 0 Å². The Balaban J connectivity index is 2.69. The van der Waals surface area contributed by atoms with Crippen LogP contribution in [0, 0.1) is 5.41 Å². The van der Waals surface area contributed by atoms with Crippen molar-refractivity contribution in [3.8, 4) is 0 Å². The Kier molecular flexibility index (Phi) is 6.03. The maximum Gasteiger partial charge on any atom is 0.303 e. The van der Waals surface area contributed by atoms with Crippen molar-refractivity contribution in [3.05, 3.63) is 0 Å². The van der Waals surface area contributed by atoms with Gasteiger partial charge in [0.05, 0.1) is 6.42 Å². The molecule has 1 fully saturated rings. The summed E-state index contributed by atoms with van der Waals surface area (Å²) in [6.45, 7) is 6.28. The molecule has 1 amide bonds. The van der Waals surface area contributed by atoms with Gasteiger partial charge in [0.15, 0.2) is 0 Å². The molecule has 1 aliphatic carbocycles. The van der Waals surface area contributed by atoms with Crippen LogP contribution < -0.4 is 5.32 Å². The van der Waals surface area contributed by atoms with Crippen molar-refractivity contribution in [3.63, 3.8) is 0 Å². The highest BCUT2D eigenvalue weighted by molar-refractivity contribution is 5.79. The molecule has 1 saturated carbocycles. The molecule has 0 aromatic rings. The summed E-state index contributed by atoms with van der Waals surface area (Å²) in [5.41, 5.74) is -0.434. The molecule has 0 saturated heterocycles. The molecular weight excluding hydrogens is 254 g/mol. The fourth-order valence-electron chi connectivity index (χ4n) is 3.56. The monoisotopic (exact) mass is 283 g/mol. The Morgan fingerprint density at radius 2 is 1.55 bits per heavy atom. The number of carboxylic acids is 1. The molecular formula is C16H29NO3. The third-order valence-corrected chi connectivity index (χ3v) is 5.16. The minimum absolute atomic E-state index is 0.0266. The van der Waals surface area contributed by atoms with Gasteiger partial charge in [0, 0.05) is 12.0 Å². The van der Waals surface area contributed by atoms with Crippen molar-refractivity contribution in [1.82, 2.24) is 5.32 Å². The fourth-order valence-corrected chi connectivity index (χ4v) is 3.56. The van der Waals surface area contributed by atoms with Crippen LogP contribution in [0.5, 0.6) is 0 Å². The molecule has 4 heteroatoms. The lowest BCUT2D eigenvalue weighted by Gasteiger charge is -2.34. The van der Waals surface area contributed by atoms with Gasteiger partial charge in [-0.1, -0.05) is 33.6 Å². The average molecular weight is 283 g/mol. The van der Waals surface area contributed by atoms with E-state index in [0.29, 0.717) is 6.42 Å². The van der Waals surface area contributed by atoms with Crippen LogP contribution in [0.2, 0.25) is 0 Å². The van der Waals surface area contributed by atoms with E-state index in [0.717, 1.165) is 44.9 Å². The minimum Gasteiger partial charge on any atom is -0.481 e. The molecule has 0 spiro atoms. The Morgan fingerprint density at radius 1 is 1.05 bits per heavy atom. The SMILES string of the molecule is CCC(CC)(CC)NC(=O)CC1(CC(=O)O)CCCC1. The predicted molar refractivity (Wildman–Crippen MR) is 79.5 cm³/mol. The second kappa shape index (κ2) is 7.09. The largest absolute Gasteiger partial charge is 0.481 e. The van der Waals surface area contributed by atoms with E-state index in [1.165, 1.54) is 0 Å². The first-order valence-electron chi connectivity index (χ1n) is 7.94. The Morgan fingerprint density at radius 3 is 1.95 bits per heavy atom. The van der Waals surface area contributed by atoms with Crippen LogP contribution in [0.3, 0.4) is 0 Å². The van der Waals surface area contributed by atoms with E-state index in [-0.39, 0.29) is 23.3 Å². The zero-order valence-corrected chi connectivity index (χ0v) is 13.1. The Hall–Kier alpha value is -1.06. The summed E-state index contributed by atoms with van der Waals surface area (Å²) in [6, 6.07) is 0. The lowest BCUT2D eigenvalue weighted by molar-refractivity contribution is -0.140. The number of aliphatic carboxylic acids is 1. The molecule has 0 bridgehead atoms. The summed E-state index contributed by atoms with van der Waals surface area (Å²) in [4.78, 5) is 23.4. The van der Waals surface area contributed by atoms with E-state index < -0.39 is 5.97 Å². The molecule has 1 aliphatic rings. The second-order valence-electron chi connectivity index (χ2n) is 6.34. The first-order chi connectivity index (χ1) is 9.41. The average Bonchev–Trinajstić information content (AvgIpc) is 2.83. The van der Waals surface area contributed by atoms with Crippen LogP contribution in [-0.4, -0.2) is 22.5 Å². The van der Waals surface area contributed by atoms with Crippen molar-refractivity contribution < 1.29 is 14.7 Å². The normalized spacial score (nSPS) is 17.9. The van der Waals surface area contributed by atoms with Gasteiger partial charge in [-0.25, -0.2) is 0 Å². The van der Waals surface area contributed by atoms with E-state index in [1.807, 2.05) is 0 Å². The summed E-state index contributed by atoms with van der Waals surface area (Å²) in [5.74, 6) is -0.758. The number of carboxylic acid groups (broad SMARTS) is 1. The topological polar surface area (TPSA) is 66.4 Å². The molecule has 4 nitrogen and oxygen atoms in total. The van der Waals surface area contributed by atoms with E-state index in [9.17, 15) is 9.59 Å². The number of amides is 1. The molecule has 0 unspecified atom stereocenters. The van der Waals surface area contributed by atoms with Crippen molar-refractivity contribution in [1.29, 1.82) is 0 Å². The van der Waals surface area contributed by atoms with Crippen LogP contribution in [0.1, 0.15) is 78.6 Å². The number of carbonyl (C=O) groups excluding carboxylic acids is 1. The molecule has 0 aliphatic heterocycles. The maximum absolute atomic E-state index is 12.4. The van der Waals surface area contributed by atoms with Gasteiger partial charge < -0.3 is 10.4 Å². The molecule has 0 aromatic heterocycles. The zero-order chi connectivity index (χ0) is 15.2. The van der Waals surface area contributed by atoms with Crippen LogP contribution in [0.15, 0.2) is 0 Å². The third-order valence-electron chi connectivity index (χ3n) is 5.16. The number of rotatable bonds is 8. The fraction of sp³-hybridized carbons (Fsp3) is 0.875. The number of hydrogen-bond acceptors (Lipinski definition) is 2. The van der Waals surface area contributed by atoms with Crippen LogP contribution in [0.4, 0.5) is 0 Å². The molecule has 2 N–H and O–H groups in total. The van der Waals surface area contributed by atoms with Crippen molar-refractivity contribution in [2.75, 3.05) is 0 Å².